The number of benzene rings is 2. The van der Waals surface area contributed by atoms with Crippen molar-refractivity contribution in [3.05, 3.63) is 65.1 Å². The molecule has 1 N–H and O–H groups in total. The van der Waals surface area contributed by atoms with Gasteiger partial charge in [0.15, 0.2) is 11.9 Å². The van der Waals surface area contributed by atoms with Gasteiger partial charge in [0.2, 0.25) is 0 Å². The number of amides is 1. The number of aromatic nitrogens is 3. The predicted molar refractivity (Wildman–Crippen MR) is 147 cm³/mol. The van der Waals surface area contributed by atoms with Crippen LogP contribution in [-0.2, 0) is 22.4 Å². The van der Waals surface area contributed by atoms with E-state index < -0.39 is 0 Å². The maximum Gasteiger partial charge on any atom is 0.255 e. The number of fused-ring (bicyclic) bond motifs is 3. The van der Waals surface area contributed by atoms with Crippen molar-refractivity contribution in [2.45, 2.75) is 51.2 Å². The number of aryl methyl sites for hydroxylation is 2. The van der Waals surface area contributed by atoms with E-state index in [1.165, 1.54) is 0 Å². The van der Waals surface area contributed by atoms with Gasteiger partial charge in [0.25, 0.3) is 5.91 Å². The van der Waals surface area contributed by atoms with Crippen molar-refractivity contribution in [1.82, 2.24) is 20.1 Å². The van der Waals surface area contributed by atoms with E-state index in [9.17, 15) is 9.59 Å². The summed E-state index contributed by atoms with van der Waals surface area (Å²) in [6, 6.07) is 10.8. The topological polar surface area (TPSA) is 95.3 Å². The van der Waals surface area contributed by atoms with Gasteiger partial charge in [-0.25, -0.2) is 14.1 Å². The number of pyridine rings is 1. The Balaban J connectivity index is 1.37. The Morgan fingerprint density at radius 2 is 1.77 bits per heavy atom. The molecular formula is C31H29FN4O4. The summed E-state index contributed by atoms with van der Waals surface area (Å²) in [5.41, 5.74) is 5.57. The molecule has 9 heteroatoms. The largest absolute Gasteiger partial charge is 0.491 e. The van der Waals surface area contributed by atoms with Gasteiger partial charge in [-0.15, -0.1) is 0 Å². The van der Waals surface area contributed by atoms with Crippen LogP contribution in [0.2, 0.25) is 0 Å². The molecule has 40 heavy (non-hydrogen) atoms. The standard InChI is InChI=1S/C31H29FN4O4/c32-26-15-19-5-8-22(37)7-4-18(19)13-24(26)21-14-25-29(20-6-9-23-27(16-20)39-12-10-33-31(23)38)35-36(30(25)34-17-21)28-3-1-2-11-40-28/h6,9,13-17,28H,1-5,7-8,10-12H2,(H,33,38). The van der Waals surface area contributed by atoms with Crippen molar-refractivity contribution in [3.63, 3.8) is 0 Å². The molecule has 2 aromatic carbocycles. The Labute approximate surface area is 230 Å². The fourth-order valence-electron chi connectivity index (χ4n) is 5.92. The van der Waals surface area contributed by atoms with Crippen LogP contribution in [0.5, 0.6) is 5.75 Å². The van der Waals surface area contributed by atoms with Gasteiger partial charge >= 0.3 is 0 Å². The maximum atomic E-state index is 15.5. The number of ether oxygens (including phenoxy) is 2. The summed E-state index contributed by atoms with van der Waals surface area (Å²) in [5.74, 6) is 0.211. The Morgan fingerprint density at radius 3 is 2.60 bits per heavy atom. The summed E-state index contributed by atoms with van der Waals surface area (Å²) < 4.78 is 29.2. The van der Waals surface area contributed by atoms with E-state index in [2.05, 4.69) is 5.32 Å². The van der Waals surface area contributed by atoms with Crippen LogP contribution in [0.1, 0.15) is 59.8 Å². The lowest BCUT2D eigenvalue weighted by Crippen LogP contribution is -2.24. The Hall–Kier alpha value is -4.11. The van der Waals surface area contributed by atoms with Crippen molar-refractivity contribution in [3.8, 4) is 28.1 Å². The molecule has 3 aliphatic rings. The van der Waals surface area contributed by atoms with Crippen molar-refractivity contribution in [2.75, 3.05) is 19.8 Å². The number of hydrogen-bond donors (Lipinski definition) is 1. The van der Waals surface area contributed by atoms with E-state index in [1.54, 1.807) is 18.3 Å². The number of halogens is 1. The van der Waals surface area contributed by atoms with Gasteiger partial charge in [0.1, 0.15) is 29.7 Å². The lowest BCUT2D eigenvalue weighted by molar-refractivity contribution is -0.118. The molecule has 1 aliphatic carbocycles. The first-order valence-corrected chi connectivity index (χ1v) is 13.9. The van der Waals surface area contributed by atoms with Crippen molar-refractivity contribution in [1.29, 1.82) is 0 Å². The monoisotopic (exact) mass is 540 g/mol. The number of hydrogen-bond acceptors (Lipinski definition) is 6. The summed E-state index contributed by atoms with van der Waals surface area (Å²) in [6.07, 6.45) is 6.42. The molecule has 7 rings (SSSR count). The number of rotatable bonds is 3. The Kier molecular flexibility index (Phi) is 6.31. The van der Waals surface area contributed by atoms with Gasteiger partial charge in [-0.05, 0) is 73.6 Å². The van der Waals surface area contributed by atoms with E-state index in [0.717, 1.165) is 41.3 Å². The lowest BCUT2D eigenvalue weighted by Gasteiger charge is -2.23. The lowest BCUT2D eigenvalue weighted by atomic mass is 9.96. The first-order valence-electron chi connectivity index (χ1n) is 13.9. The maximum absolute atomic E-state index is 15.5. The number of carbonyl (C=O) groups excluding carboxylic acids is 2. The predicted octanol–water partition coefficient (Wildman–Crippen LogP) is 5.17. The van der Waals surface area contributed by atoms with E-state index in [4.69, 9.17) is 19.6 Å². The fourth-order valence-corrected chi connectivity index (χ4v) is 5.92. The number of ketones is 1. The van der Waals surface area contributed by atoms with E-state index >= 15 is 4.39 Å². The van der Waals surface area contributed by atoms with Crippen molar-refractivity contribution < 1.29 is 23.5 Å². The third-order valence-electron chi connectivity index (χ3n) is 8.07. The van der Waals surface area contributed by atoms with Crippen LogP contribution in [0.4, 0.5) is 4.39 Å². The summed E-state index contributed by atoms with van der Waals surface area (Å²) >= 11 is 0. The zero-order chi connectivity index (χ0) is 27.2. The molecule has 1 amide bonds. The van der Waals surface area contributed by atoms with Crippen LogP contribution in [0, 0.1) is 5.82 Å². The molecule has 0 spiro atoms. The Bertz CT molecular complexity index is 1660. The van der Waals surface area contributed by atoms with Crippen LogP contribution < -0.4 is 10.1 Å². The van der Waals surface area contributed by atoms with Crippen molar-refractivity contribution in [2.24, 2.45) is 0 Å². The van der Waals surface area contributed by atoms with Crippen LogP contribution in [-0.4, -0.2) is 46.2 Å². The highest BCUT2D eigenvalue weighted by Gasteiger charge is 2.25. The molecule has 1 fully saturated rings. The average molecular weight is 541 g/mol. The van der Waals surface area contributed by atoms with Crippen LogP contribution >= 0.6 is 0 Å². The molecule has 2 aliphatic heterocycles. The van der Waals surface area contributed by atoms with Gasteiger partial charge in [-0.2, -0.15) is 5.10 Å². The smallest absolute Gasteiger partial charge is 0.255 e. The van der Waals surface area contributed by atoms with Gasteiger partial charge in [0.05, 0.1) is 12.1 Å². The van der Waals surface area contributed by atoms with Crippen LogP contribution in [0.3, 0.4) is 0 Å². The molecule has 204 valence electrons. The molecule has 1 saturated heterocycles. The molecule has 0 bridgehead atoms. The van der Waals surface area contributed by atoms with Gasteiger partial charge < -0.3 is 14.8 Å². The highest BCUT2D eigenvalue weighted by atomic mass is 19.1. The summed E-state index contributed by atoms with van der Waals surface area (Å²) in [7, 11) is 0. The molecule has 0 saturated carbocycles. The molecular weight excluding hydrogens is 511 g/mol. The number of nitrogens with zero attached hydrogens (tertiary/aromatic N) is 3. The average Bonchev–Trinajstić information content (AvgIpc) is 3.13. The minimum Gasteiger partial charge on any atom is -0.491 e. The van der Waals surface area contributed by atoms with Gasteiger partial charge in [0, 0.05) is 47.7 Å². The first-order chi connectivity index (χ1) is 19.5. The zero-order valence-corrected chi connectivity index (χ0v) is 22.0. The number of carbonyl (C=O) groups is 2. The van der Waals surface area contributed by atoms with Crippen LogP contribution in [0.15, 0.2) is 42.6 Å². The zero-order valence-electron chi connectivity index (χ0n) is 22.0. The molecule has 4 heterocycles. The molecule has 1 atom stereocenters. The highest BCUT2D eigenvalue weighted by molar-refractivity contribution is 5.99. The second-order valence-corrected chi connectivity index (χ2v) is 10.7. The number of nitrogens with one attached hydrogen (secondary N) is 1. The minimum atomic E-state index is -0.330. The van der Waals surface area contributed by atoms with Crippen molar-refractivity contribution >= 4 is 22.7 Å². The highest BCUT2D eigenvalue weighted by Crippen LogP contribution is 2.37. The third-order valence-corrected chi connectivity index (χ3v) is 8.07. The fraction of sp³-hybridized carbons (Fsp3) is 0.355. The quantitative estimate of drug-likeness (QED) is 0.360. The second kappa shape index (κ2) is 10.1. The summed E-state index contributed by atoms with van der Waals surface area (Å²) in [6.45, 7) is 1.47. The second-order valence-electron chi connectivity index (χ2n) is 10.7. The molecule has 2 aromatic heterocycles. The molecule has 4 aromatic rings. The third kappa shape index (κ3) is 4.44. The minimum absolute atomic E-state index is 0.172. The van der Waals surface area contributed by atoms with Crippen LogP contribution in [0.25, 0.3) is 33.4 Å². The summed E-state index contributed by atoms with van der Waals surface area (Å²) in [4.78, 5) is 29.3. The van der Waals surface area contributed by atoms with E-state index in [1.807, 2.05) is 28.9 Å². The van der Waals surface area contributed by atoms with E-state index in [0.29, 0.717) is 79.2 Å². The number of Topliss-reactive ketones (excluding diaryl/α,β-unsaturated/α-hetero) is 1. The van der Waals surface area contributed by atoms with E-state index in [-0.39, 0.29) is 23.7 Å². The normalized spacial score (nSPS) is 19.3. The van der Waals surface area contributed by atoms with Gasteiger partial charge in [-0.3, -0.25) is 9.59 Å². The molecule has 0 radical (unpaired) electrons. The molecule has 8 nitrogen and oxygen atoms in total. The van der Waals surface area contributed by atoms with Gasteiger partial charge in [-0.1, -0.05) is 6.07 Å². The SMILES string of the molecule is O=C1CCc2cc(F)c(-c3cnc4c(c3)c(-c3ccc5c(c3)OCCNC5=O)nn4C3CCCCO3)cc2CC1. The Morgan fingerprint density at radius 1 is 0.925 bits per heavy atom. The molecule has 1 unspecified atom stereocenters. The first kappa shape index (κ1) is 24.9. The summed E-state index contributed by atoms with van der Waals surface area (Å²) in [5, 5.41) is 8.55.